The van der Waals surface area contributed by atoms with E-state index < -0.39 is 15.9 Å². The van der Waals surface area contributed by atoms with Crippen LogP contribution in [0.25, 0.3) is 0 Å². The predicted molar refractivity (Wildman–Crippen MR) is 101 cm³/mol. The van der Waals surface area contributed by atoms with E-state index in [1.165, 1.54) is 30.7 Å². The van der Waals surface area contributed by atoms with Gasteiger partial charge in [0.25, 0.3) is 5.91 Å². The second-order valence-corrected chi connectivity index (χ2v) is 8.09. The number of benzene rings is 1. The van der Waals surface area contributed by atoms with Crippen molar-refractivity contribution in [3.63, 3.8) is 0 Å². The second kappa shape index (κ2) is 7.49. The maximum Gasteiger partial charge on any atom is 0.274 e. The van der Waals surface area contributed by atoms with Crippen molar-refractivity contribution in [3.8, 4) is 0 Å². The second-order valence-electron chi connectivity index (χ2n) is 5.40. The summed E-state index contributed by atoms with van der Waals surface area (Å²) in [6.07, 6.45) is 4.19. The molecule has 2 heterocycles. The number of nitrogens with one attached hydrogen (secondary N) is 1. The van der Waals surface area contributed by atoms with Gasteiger partial charge in [-0.1, -0.05) is 35.3 Å². The van der Waals surface area contributed by atoms with Gasteiger partial charge in [-0.2, -0.15) is 0 Å². The van der Waals surface area contributed by atoms with Gasteiger partial charge in [-0.15, -0.1) is 0 Å². The average molecular weight is 410 g/mol. The van der Waals surface area contributed by atoms with E-state index in [0.29, 0.717) is 16.3 Å². The molecule has 2 aromatic heterocycles. The molecule has 0 saturated heterocycles. The molecule has 0 atom stereocenters. The molecule has 9 heteroatoms. The zero-order valence-electron chi connectivity index (χ0n) is 13.3. The monoisotopic (exact) mass is 409 g/mol. The smallest absolute Gasteiger partial charge is 0.274 e. The van der Waals surface area contributed by atoms with Crippen LogP contribution in [-0.4, -0.2) is 23.3 Å². The lowest BCUT2D eigenvalue weighted by molar-refractivity contribution is 0.102. The minimum Gasteiger partial charge on any atom is -0.319 e. The van der Waals surface area contributed by atoms with E-state index in [2.05, 4.69) is 10.3 Å². The maximum atomic E-state index is 12.5. The van der Waals surface area contributed by atoms with Gasteiger partial charge in [-0.3, -0.25) is 13.8 Å². The minimum absolute atomic E-state index is 0.235. The van der Waals surface area contributed by atoms with Gasteiger partial charge in [0.2, 0.25) is 10.0 Å². The molecule has 0 aliphatic heterocycles. The lowest BCUT2D eigenvalue weighted by Crippen LogP contribution is -2.15. The van der Waals surface area contributed by atoms with Gasteiger partial charge in [0, 0.05) is 18.6 Å². The van der Waals surface area contributed by atoms with Crippen LogP contribution in [0.15, 0.2) is 61.1 Å². The third kappa shape index (κ3) is 4.24. The van der Waals surface area contributed by atoms with Crippen molar-refractivity contribution >= 4 is 44.8 Å². The van der Waals surface area contributed by atoms with E-state index in [0.717, 1.165) is 3.97 Å². The number of anilines is 1. The highest BCUT2D eigenvalue weighted by Crippen LogP contribution is 2.24. The molecule has 0 aliphatic carbocycles. The van der Waals surface area contributed by atoms with Crippen LogP contribution in [0.4, 0.5) is 5.69 Å². The number of rotatable bonds is 5. The topological polar surface area (TPSA) is 81.1 Å². The molecule has 0 spiro atoms. The molecule has 3 rings (SSSR count). The molecule has 0 radical (unpaired) electrons. The molecule has 0 fully saturated rings. The van der Waals surface area contributed by atoms with Crippen LogP contribution < -0.4 is 5.32 Å². The van der Waals surface area contributed by atoms with E-state index >= 15 is 0 Å². The normalized spacial score (nSPS) is 11.3. The van der Waals surface area contributed by atoms with Gasteiger partial charge in [-0.25, -0.2) is 8.42 Å². The molecule has 26 heavy (non-hydrogen) atoms. The van der Waals surface area contributed by atoms with Crippen molar-refractivity contribution in [1.29, 1.82) is 0 Å². The standard InChI is InChI=1S/C17H13Cl2N3O3S/c18-14-5-4-12(9-15(14)19)11-26(24,25)22-8-6-13(10-22)21-17(23)16-3-1-2-7-20-16/h1-10H,11H2,(H,21,23). The maximum absolute atomic E-state index is 12.5. The van der Waals surface area contributed by atoms with Gasteiger partial charge in [-0.05, 0) is 35.9 Å². The summed E-state index contributed by atoms with van der Waals surface area (Å²) in [6.45, 7) is 0. The van der Waals surface area contributed by atoms with Crippen molar-refractivity contribution in [2.75, 3.05) is 5.32 Å². The summed E-state index contributed by atoms with van der Waals surface area (Å²) in [5.41, 5.74) is 1.09. The van der Waals surface area contributed by atoms with Gasteiger partial charge < -0.3 is 5.32 Å². The van der Waals surface area contributed by atoms with Gasteiger partial charge >= 0.3 is 0 Å². The molecule has 0 saturated carbocycles. The SMILES string of the molecule is O=C(Nc1ccn(S(=O)(=O)Cc2ccc(Cl)c(Cl)c2)c1)c1ccccn1. The summed E-state index contributed by atoms with van der Waals surface area (Å²) < 4.78 is 26.1. The highest BCUT2D eigenvalue weighted by molar-refractivity contribution is 7.89. The van der Waals surface area contributed by atoms with Crippen molar-refractivity contribution in [1.82, 2.24) is 8.96 Å². The van der Waals surface area contributed by atoms with E-state index in [1.807, 2.05) is 0 Å². The number of aromatic nitrogens is 2. The molecule has 1 amide bonds. The van der Waals surface area contributed by atoms with E-state index in [1.54, 1.807) is 30.3 Å². The minimum atomic E-state index is -3.67. The first-order chi connectivity index (χ1) is 12.3. The Bertz CT molecular complexity index is 1050. The molecule has 0 aliphatic rings. The molecular formula is C17H13Cl2N3O3S. The Morgan fingerprint density at radius 1 is 1.12 bits per heavy atom. The Kier molecular flexibility index (Phi) is 5.31. The summed E-state index contributed by atoms with van der Waals surface area (Å²) in [5, 5.41) is 3.25. The number of carbonyl (C=O) groups excluding carboxylic acids is 1. The molecule has 6 nitrogen and oxygen atoms in total. The summed E-state index contributed by atoms with van der Waals surface area (Å²) in [5.74, 6) is -0.683. The Morgan fingerprint density at radius 3 is 2.62 bits per heavy atom. The van der Waals surface area contributed by atoms with Gasteiger partial charge in [0.1, 0.15) is 5.69 Å². The predicted octanol–water partition coefficient (Wildman–Crippen LogP) is 3.82. The van der Waals surface area contributed by atoms with Gasteiger partial charge in [0.15, 0.2) is 0 Å². The van der Waals surface area contributed by atoms with E-state index in [9.17, 15) is 13.2 Å². The molecule has 0 unspecified atom stereocenters. The summed E-state index contributed by atoms with van der Waals surface area (Å²) in [6, 6.07) is 11.1. The van der Waals surface area contributed by atoms with Crippen molar-refractivity contribution in [3.05, 3.63) is 82.4 Å². The summed E-state index contributed by atoms with van der Waals surface area (Å²) >= 11 is 11.8. The Labute approximate surface area is 160 Å². The molecule has 0 bridgehead atoms. The molecular weight excluding hydrogens is 397 g/mol. The number of hydrogen-bond acceptors (Lipinski definition) is 4. The molecule has 3 aromatic rings. The lowest BCUT2D eigenvalue weighted by atomic mass is 10.2. The number of amides is 1. The number of pyridine rings is 1. The summed E-state index contributed by atoms with van der Waals surface area (Å²) in [4.78, 5) is 16.0. The fourth-order valence-corrected chi connectivity index (χ4v) is 3.82. The Balaban J connectivity index is 1.75. The molecule has 1 N–H and O–H groups in total. The first-order valence-corrected chi connectivity index (χ1v) is 9.79. The first-order valence-electron chi connectivity index (χ1n) is 7.43. The fourth-order valence-electron chi connectivity index (χ4n) is 2.23. The van der Waals surface area contributed by atoms with E-state index in [-0.39, 0.29) is 16.5 Å². The average Bonchev–Trinajstić information content (AvgIpc) is 3.08. The highest BCUT2D eigenvalue weighted by atomic mass is 35.5. The number of halogens is 2. The number of hydrogen-bond donors (Lipinski definition) is 1. The van der Waals surface area contributed by atoms with Crippen molar-refractivity contribution < 1.29 is 13.2 Å². The quantitative estimate of drug-likeness (QED) is 0.694. The summed E-state index contributed by atoms with van der Waals surface area (Å²) in [7, 11) is -3.67. The third-order valence-electron chi connectivity index (χ3n) is 3.48. The third-order valence-corrected chi connectivity index (χ3v) is 5.78. The van der Waals surface area contributed by atoms with Crippen LogP contribution in [-0.2, 0) is 15.8 Å². The fraction of sp³-hybridized carbons (Fsp3) is 0.0588. The van der Waals surface area contributed by atoms with Crippen LogP contribution in [0.2, 0.25) is 10.0 Å². The van der Waals surface area contributed by atoms with Crippen LogP contribution in [0.3, 0.4) is 0 Å². The molecule has 134 valence electrons. The lowest BCUT2D eigenvalue weighted by Gasteiger charge is -2.07. The highest BCUT2D eigenvalue weighted by Gasteiger charge is 2.16. The van der Waals surface area contributed by atoms with Crippen LogP contribution in [0.5, 0.6) is 0 Å². The zero-order chi connectivity index (χ0) is 18.7. The largest absolute Gasteiger partial charge is 0.319 e. The van der Waals surface area contributed by atoms with Crippen LogP contribution in [0, 0.1) is 0 Å². The van der Waals surface area contributed by atoms with Gasteiger partial charge in [0.05, 0.1) is 21.5 Å². The zero-order valence-corrected chi connectivity index (χ0v) is 15.6. The van der Waals surface area contributed by atoms with Crippen molar-refractivity contribution in [2.45, 2.75) is 5.75 Å². The number of nitrogens with zero attached hydrogens (tertiary/aromatic N) is 2. The number of carbonyl (C=O) groups is 1. The first kappa shape index (κ1) is 18.4. The Morgan fingerprint density at radius 2 is 1.92 bits per heavy atom. The van der Waals surface area contributed by atoms with Crippen molar-refractivity contribution in [2.24, 2.45) is 0 Å². The van der Waals surface area contributed by atoms with Crippen LogP contribution >= 0.6 is 23.2 Å². The molecule has 1 aromatic carbocycles. The Hall–Kier alpha value is -2.35. The van der Waals surface area contributed by atoms with Crippen LogP contribution in [0.1, 0.15) is 16.1 Å². The van der Waals surface area contributed by atoms with E-state index in [4.69, 9.17) is 23.2 Å².